The highest BCUT2D eigenvalue weighted by atomic mass is 16.2. The number of H-pyrrole nitrogens is 2. The molecule has 0 aliphatic heterocycles. The number of aromatic nitrogens is 12. The second-order valence-electron chi connectivity index (χ2n) is 12.0. The number of fused-ring (bicyclic) bond motifs is 3. The lowest BCUT2D eigenvalue weighted by molar-refractivity contribution is -0.117. The smallest absolute Gasteiger partial charge is 0.332 e. The molecule has 0 spiro atoms. The summed E-state index contributed by atoms with van der Waals surface area (Å²) >= 11 is 0. The van der Waals surface area contributed by atoms with Gasteiger partial charge in [0.2, 0.25) is 0 Å². The SMILES string of the molecule is CC(=O)CCCCn1c(=O)c2c(ncn2C)n(C)c1=O.CC(C)Cn1c(=O)n(C)c(=O)c2[nH]cnc21.Cn1c(=O)c2[nH]cnc2n(C)c1=O. The molecule has 0 unspecified atom stereocenters. The summed E-state index contributed by atoms with van der Waals surface area (Å²) in [7, 11) is 7.81. The van der Waals surface area contributed by atoms with Gasteiger partial charge in [0, 0.05) is 54.7 Å². The average molecular weight is 681 g/mol. The van der Waals surface area contributed by atoms with Crippen LogP contribution in [0.25, 0.3) is 33.5 Å². The summed E-state index contributed by atoms with van der Waals surface area (Å²) < 4.78 is 9.20. The van der Waals surface area contributed by atoms with Crippen LogP contribution < -0.4 is 33.7 Å². The van der Waals surface area contributed by atoms with Crippen molar-refractivity contribution in [2.45, 2.75) is 53.1 Å². The minimum absolute atomic E-state index is 0.118. The fourth-order valence-electron chi connectivity index (χ4n) is 5.21. The number of aryl methyl sites for hydroxylation is 3. The van der Waals surface area contributed by atoms with E-state index in [1.807, 2.05) is 13.8 Å². The van der Waals surface area contributed by atoms with Crippen LogP contribution in [0.2, 0.25) is 0 Å². The van der Waals surface area contributed by atoms with E-state index < -0.39 is 0 Å². The topological polar surface area (TPSA) is 224 Å². The maximum Gasteiger partial charge on any atom is 0.332 e. The lowest BCUT2D eigenvalue weighted by Gasteiger charge is -2.10. The van der Waals surface area contributed by atoms with Crippen LogP contribution in [0, 0.1) is 5.92 Å². The highest BCUT2D eigenvalue weighted by molar-refractivity contribution is 5.75. The Morgan fingerprint density at radius 2 is 1.20 bits per heavy atom. The van der Waals surface area contributed by atoms with Crippen LogP contribution in [0.5, 0.6) is 0 Å². The summed E-state index contributed by atoms with van der Waals surface area (Å²) in [5.74, 6) is 0.433. The van der Waals surface area contributed by atoms with Gasteiger partial charge in [-0.15, -0.1) is 0 Å². The number of Topliss-reactive ketones (excluding diaryl/α,β-unsaturated/α-hetero) is 1. The highest BCUT2D eigenvalue weighted by Crippen LogP contribution is 2.05. The van der Waals surface area contributed by atoms with E-state index in [4.69, 9.17) is 0 Å². The van der Waals surface area contributed by atoms with Gasteiger partial charge in [-0.3, -0.25) is 41.8 Å². The summed E-state index contributed by atoms with van der Waals surface area (Å²) in [6.45, 7) is 6.42. The number of rotatable bonds is 7. The minimum atomic E-state index is -0.371. The van der Waals surface area contributed by atoms with E-state index >= 15 is 0 Å². The molecule has 19 nitrogen and oxygen atoms in total. The van der Waals surface area contributed by atoms with Crippen molar-refractivity contribution in [3.05, 3.63) is 81.5 Å². The second kappa shape index (κ2) is 14.5. The van der Waals surface area contributed by atoms with Crippen molar-refractivity contribution >= 4 is 39.3 Å². The van der Waals surface area contributed by atoms with Gasteiger partial charge in [-0.25, -0.2) is 29.3 Å². The maximum absolute atomic E-state index is 12.3. The molecule has 6 aromatic rings. The number of nitrogens with zero attached hydrogens (tertiary/aromatic N) is 10. The Bertz CT molecular complexity index is 2530. The van der Waals surface area contributed by atoms with Gasteiger partial charge in [-0.05, 0) is 25.7 Å². The lowest BCUT2D eigenvalue weighted by atomic mass is 10.2. The van der Waals surface area contributed by atoms with E-state index in [-0.39, 0.29) is 39.5 Å². The summed E-state index contributed by atoms with van der Waals surface area (Å²) in [5, 5.41) is 0. The van der Waals surface area contributed by atoms with Crippen molar-refractivity contribution in [3.63, 3.8) is 0 Å². The Morgan fingerprint density at radius 1 is 0.673 bits per heavy atom. The standard InChI is InChI=1S/C13H18N4O3.C10H14N4O2.C7H8N4O2/c1-9(18)6-4-5-7-17-12(19)10-11(14-8-15(10)2)16(3)13(17)20;1-6(2)4-14-8-7(11-5-12-8)9(15)13(3)10(14)16;1-10-5-4(8-3-9-5)6(12)11(2)7(10)13/h8H,4-7H2,1-3H3;5-6H,4H2,1-3H3,(H,11,12);3H,1-2H3,(H,8,9). The molecule has 49 heavy (non-hydrogen) atoms. The number of aromatic amines is 2. The van der Waals surface area contributed by atoms with Crippen LogP contribution in [-0.4, -0.2) is 62.7 Å². The molecule has 6 rings (SSSR count). The average Bonchev–Trinajstić information content (AvgIpc) is 3.83. The zero-order chi connectivity index (χ0) is 36.3. The Balaban J connectivity index is 0.000000169. The number of carbonyl (C=O) groups excluding carboxylic acids is 1. The molecule has 0 saturated heterocycles. The third-order valence-electron chi connectivity index (χ3n) is 7.85. The van der Waals surface area contributed by atoms with Gasteiger partial charge in [0.15, 0.2) is 22.5 Å². The van der Waals surface area contributed by atoms with Crippen molar-refractivity contribution in [1.82, 2.24) is 56.9 Å². The Morgan fingerprint density at radius 3 is 1.80 bits per heavy atom. The first-order valence-corrected chi connectivity index (χ1v) is 15.4. The first kappa shape index (κ1) is 36.0. The molecule has 0 radical (unpaired) electrons. The van der Waals surface area contributed by atoms with Gasteiger partial charge >= 0.3 is 17.1 Å². The molecule has 0 amide bonds. The molecule has 19 heteroatoms. The van der Waals surface area contributed by atoms with Crippen LogP contribution in [0.4, 0.5) is 0 Å². The highest BCUT2D eigenvalue weighted by Gasteiger charge is 2.15. The number of imidazole rings is 3. The van der Waals surface area contributed by atoms with Gasteiger partial charge in [0.05, 0.1) is 19.0 Å². The van der Waals surface area contributed by atoms with E-state index in [0.29, 0.717) is 71.8 Å². The summed E-state index contributed by atoms with van der Waals surface area (Å²) in [6.07, 6.45) is 6.12. The van der Waals surface area contributed by atoms with Gasteiger partial charge in [0.1, 0.15) is 16.8 Å². The van der Waals surface area contributed by atoms with Gasteiger partial charge in [-0.2, -0.15) is 0 Å². The zero-order valence-electron chi connectivity index (χ0n) is 28.7. The normalized spacial score (nSPS) is 11.2. The summed E-state index contributed by atoms with van der Waals surface area (Å²) in [4.78, 5) is 99.2. The number of carbonyl (C=O) groups is 1. The maximum atomic E-state index is 12.3. The number of ketones is 1. The Labute approximate surface area is 276 Å². The van der Waals surface area contributed by atoms with E-state index in [1.54, 1.807) is 25.7 Å². The lowest BCUT2D eigenvalue weighted by Crippen LogP contribution is -2.39. The molecular weight excluding hydrogens is 640 g/mol. The van der Waals surface area contributed by atoms with Gasteiger partial charge in [0.25, 0.3) is 16.7 Å². The molecule has 2 N–H and O–H groups in total. The molecule has 0 aliphatic carbocycles. The van der Waals surface area contributed by atoms with Crippen LogP contribution in [0.1, 0.15) is 40.0 Å². The minimum Gasteiger partial charge on any atom is -0.339 e. The van der Waals surface area contributed by atoms with Gasteiger partial charge in [-0.1, -0.05) is 13.8 Å². The van der Waals surface area contributed by atoms with Crippen molar-refractivity contribution in [2.75, 3.05) is 0 Å². The fourth-order valence-corrected chi connectivity index (χ4v) is 5.21. The Kier molecular flexibility index (Phi) is 10.6. The second-order valence-corrected chi connectivity index (χ2v) is 12.0. The quantitative estimate of drug-likeness (QED) is 0.200. The largest absolute Gasteiger partial charge is 0.339 e. The molecule has 0 aromatic carbocycles. The van der Waals surface area contributed by atoms with E-state index in [0.717, 1.165) is 9.13 Å². The molecule has 6 heterocycles. The predicted octanol–water partition coefficient (Wildman–Crippen LogP) is -0.767. The van der Waals surface area contributed by atoms with Crippen molar-refractivity contribution in [2.24, 2.45) is 41.2 Å². The third kappa shape index (κ3) is 7.04. The molecule has 0 atom stereocenters. The fraction of sp³-hybridized carbons (Fsp3) is 0.467. The third-order valence-corrected chi connectivity index (χ3v) is 7.85. The van der Waals surface area contributed by atoms with E-state index in [1.165, 1.54) is 58.3 Å². The zero-order valence-corrected chi connectivity index (χ0v) is 28.7. The van der Waals surface area contributed by atoms with E-state index in [9.17, 15) is 33.6 Å². The number of unbranched alkanes of at least 4 members (excludes halogenated alkanes) is 1. The van der Waals surface area contributed by atoms with E-state index in [2.05, 4.69) is 24.9 Å². The van der Waals surface area contributed by atoms with Crippen LogP contribution in [-0.2, 0) is 53.1 Å². The number of nitrogens with one attached hydrogen (secondary N) is 2. The molecule has 6 aromatic heterocycles. The first-order chi connectivity index (χ1) is 23.1. The number of hydrogen-bond donors (Lipinski definition) is 2. The van der Waals surface area contributed by atoms with Crippen LogP contribution >= 0.6 is 0 Å². The molecule has 0 bridgehead atoms. The molecule has 0 fully saturated rings. The summed E-state index contributed by atoms with van der Waals surface area (Å²) in [5.41, 5.74) is 0.273. The molecule has 0 aliphatic rings. The number of hydrogen-bond acceptors (Lipinski definition) is 10. The Hall–Kier alpha value is -5.88. The molecule has 262 valence electrons. The monoisotopic (exact) mass is 680 g/mol. The van der Waals surface area contributed by atoms with Crippen molar-refractivity contribution in [3.8, 4) is 0 Å². The molecule has 0 saturated carbocycles. The van der Waals surface area contributed by atoms with Gasteiger partial charge < -0.3 is 19.3 Å². The summed E-state index contributed by atoms with van der Waals surface area (Å²) in [6, 6.07) is 0. The first-order valence-electron chi connectivity index (χ1n) is 15.4. The van der Waals surface area contributed by atoms with Crippen molar-refractivity contribution < 1.29 is 4.79 Å². The predicted molar refractivity (Wildman–Crippen MR) is 182 cm³/mol. The van der Waals surface area contributed by atoms with Crippen LogP contribution in [0.3, 0.4) is 0 Å². The molecular formula is C30H40N12O7. The van der Waals surface area contributed by atoms with Crippen molar-refractivity contribution in [1.29, 1.82) is 0 Å². The van der Waals surface area contributed by atoms with Crippen LogP contribution in [0.15, 0.2) is 47.7 Å².